The second kappa shape index (κ2) is 3.95. The molecule has 0 bridgehead atoms. The lowest BCUT2D eigenvalue weighted by Gasteiger charge is -2.07. The van der Waals surface area contributed by atoms with E-state index < -0.39 is 5.82 Å². The molecule has 0 unspecified atom stereocenters. The van der Waals surface area contributed by atoms with Crippen molar-refractivity contribution in [2.45, 2.75) is 0 Å². The van der Waals surface area contributed by atoms with Gasteiger partial charge in [0.15, 0.2) is 5.52 Å². The number of hydrogen-bond donors (Lipinski definition) is 2. The maximum absolute atomic E-state index is 13.4. The zero-order valence-corrected chi connectivity index (χ0v) is 8.96. The molecule has 0 saturated carbocycles. The molecule has 0 aliphatic rings. The van der Waals surface area contributed by atoms with Crippen LogP contribution in [-0.4, -0.2) is 20.4 Å². The maximum Gasteiger partial charge on any atom is 0.237 e. The predicted molar refractivity (Wildman–Crippen MR) is 60.9 cm³/mol. The van der Waals surface area contributed by atoms with Crippen molar-refractivity contribution in [2.75, 3.05) is 5.32 Å². The van der Waals surface area contributed by atoms with Crippen LogP contribution in [0.5, 0.6) is 5.88 Å². The van der Waals surface area contributed by atoms with Crippen LogP contribution in [0.4, 0.5) is 15.8 Å². The van der Waals surface area contributed by atoms with Gasteiger partial charge in [0.25, 0.3) is 0 Å². The van der Waals surface area contributed by atoms with Gasteiger partial charge in [-0.2, -0.15) is 4.98 Å². The summed E-state index contributed by atoms with van der Waals surface area (Å²) < 4.78 is 17.9. The van der Waals surface area contributed by atoms with Crippen LogP contribution in [0.15, 0.2) is 35.0 Å². The number of nitrogens with zero attached hydrogens (tertiary/aromatic N) is 3. The van der Waals surface area contributed by atoms with Gasteiger partial charge in [-0.15, -0.1) is 0 Å². The van der Waals surface area contributed by atoms with Crippen molar-refractivity contribution in [3.05, 3.63) is 36.1 Å². The Morgan fingerprint density at radius 2 is 2.00 bits per heavy atom. The van der Waals surface area contributed by atoms with Crippen LogP contribution in [0.2, 0.25) is 0 Å². The summed E-state index contributed by atoms with van der Waals surface area (Å²) >= 11 is 0. The molecule has 2 N–H and O–H groups in total. The van der Waals surface area contributed by atoms with Crippen molar-refractivity contribution in [3.63, 3.8) is 0 Å². The van der Waals surface area contributed by atoms with Crippen LogP contribution in [0, 0.1) is 5.82 Å². The number of hydrogen-bond acceptors (Lipinski definition) is 6. The summed E-state index contributed by atoms with van der Waals surface area (Å²) in [5, 5.41) is 19.5. The van der Waals surface area contributed by atoms with Crippen molar-refractivity contribution in [2.24, 2.45) is 0 Å². The van der Waals surface area contributed by atoms with Gasteiger partial charge in [-0.05, 0) is 22.4 Å². The first-order valence-electron chi connectivity index (χ1n) is 5.08. The van der Waals surface area contributed by atoms with Crippen molar-refractivity contribution in [1.29, 1.82) is 0 Å². The van der Waals surface area contributed by atoms with Crippen LogP contribution in [0.1, 0.15) is 0 Å². The second-order valence-corrected chi connectivity index (χ2v) is 3.57. The summed E-state index contributed by atoms with van der Waals surface area (Å²) in [6.07, 6.45) is 0. The molecule has 3 rings (SSSR count). The zero-order chi connectivity index (χ0) is 12.5. The number of benzene rings is 1. The van der Waals surface area contributed by atoms with E-state index in [1.165, 1.54) is 12.1 Å². The maximum atomic E-state index is 13.4. The summed E-state index contributed by atoms with van der Waals surface area (Å²) in [6, 6.07) is 7.57. The summed E-state index contributed by atoms with van der Waals surface area (Å²) in [6.45, 7) is 0. The molecular formula is C11H7FN4O2. The van der Waals surface area contributed by atoms with E-state index in [9.17, 15) is 9.50 Å². The molecule has 0 fully saturated rings. The number of halogens is 1. The highest BCUT2D eigenvalue weighted by Crippen LogP contribution is 2.28. The molecule has 0 saturated heterocycles. The van der Waals surface area contributed by atoms with Gasteiger partial charge < -0.3 is 10.4 Å². The Morgan fingerprint density at radius 3 is 2.83 bits per heavy atom. The summed E-state index contributed by atoms with van der Waals surface area (Å²) in [4.78, 5) is 3.76. The topological polar surface area (TPSA) is 84.1 Å². The molecule has 1 aromatic carbocycles. The lowest BCUT2D eigenvalue weighted by Crippen LogP contribution is -1.95. The number of aromatic nitrogens is 3. The third-order valence-corrected chi connectivity index (χ3v) is 2.37. The van der Waals surface area contributed by atoms with Gasteiger partial charge in [0.1, 0.15) is 11.5 Å². The molecule has 3 aromatic rings. The molecule has 0 aliphatic carbocycles. The predicted octanol–water partition coefficient (Wildman–Crippen LogP) is 2.21. The van der Waals surface area contributed by atoms with Crippen molar-refractivity contribution in [3.8, 4) is 5.88 Å². The first-order valence-corrected chi connectivity index (χ1v) is 5.08. The second-order valence-electron chi connectivity index (χ2n) is 3.57. The number of anilines is 2. The molecule has 2 heterocycles. The average Bonchev–Trinajstić information content (AvgIpc) is 2.79. The number of fused-ring (bicyclic) bond motifs is 1. The molecule has 7 heteroatoms. The monoisotopic (exact) mass is 246 g/mol. The van der Waals surface area contributed by atoms with Crippen LogP contribution in [0.25, 0.3) is 11.2 Å². The fraction of sp³-hybridized carbons (Fsp3) is 0. The Morgan fingerprint density at radius 1 is 1.17 bits per heavy atom. The largest absolute Gasteiger partial charge is 0.492 e. The Kier molecular flexibility index (Phi) is 2.30. The number of rotatable bonds is 2. The lowest BCUT2D eigenvalue weighted by molar-refractivity contribution is 0.314. The van der Waals surface area contributed by atoms with Gasteiger partial charge in [-0.3, -0.25) is 0 Å². The van der Waals surface area contributed by atoms with E-state index >= 15 is 0 Å². The Bertz CT molecular complexity index is 713. The van der Waals surface area contributed by atoms with Crippen molar-refractivity contribution < 1.29 is 14.1 Å². The molecule has 18 heavy (non-hydrogen) atoms. The quantitative estimate of drug-likeness (QED) is 0.721. The SMILES string of the molecule is Oc1nc2nonc2cc1Nc1ccccc1F. The van der Waals surface area contributed by atoms with Gasteiger partial charge in [0, 0.05) is 6.07 Å². The van der Waals surface area contributed by atoms with E-state index in [1.54, 1.807) is 18.2 Å². The minimum absolute atomic E-state index is 0.187. The minimum Gasteiger partial charge on any atom is -0.492 e. The standard InChI is InChI=1S/C11H7FN4O2/c12-6-3-1-2-4-7(6)13-9-5-8-10(14-11(9)17)16-18-15-8/h1-5,13H,(H,14,16,17). The third kappa shape index (κ3) is 1.71. The highest BCUT2D eigenvalue weighted by molar-refractivity contribution is 5.78. The van der Waals surface area contributed by atoms with E-state index in [-0.39, 0.29) is 22.9 Å². The molecule has 0 spiro atoms. The van der Waals surface area contributed by atoms with Gasteiger partial charge in [-0.25, -0.2) is 9.02 Å². The van der Waals surface area contributed by atoms with Gasteiger partial charge in [0.05, 0.1) is 5.69 Å². The summed E-state index contributed by atoms with van der Waals surface area (Å²) in [7, 11) is 0. The molecule has 6 nitrogen and oxygen atoms in total. The van der Waals surface area contributed by atoms with E-state index in [0.29, 0.717) is 5.52 Å². The number of aromatic hydroxyl groups is 1. The van der Waals surface area contributed by atoms with Crippen LogP contribution >= 0.6 is 0 Å². The van der Waals surface area contributed by atoms with Crippen LogP contribution in [-0.2, 0) is 0 Å². The fourth-order valence-corrected chi connectivity index (χ4v) is 1.52. The smallest absolute Gasteiger partial charge is 0.237 e. The van der Waals surface area contributed by atoms with E-state index in [2.05, 4.69) is 25.2 Å². The first kappa shape index (κ1) is 10.5. The molecule has 0 aliphatic heterocycles. The first-order chi connectivity index (χ1) is 8.74. The Balaban J connectivity index is 2.04. The molecule has 0 amide bonds. The van der Waals surface area contributed by atoms with E-state index in [0.717, 1.165) is 0 Å². The van der Waals surface area contributed by atoms with Gasteiger partial charge in [0.2, 0.25) is 11.5 Å². The highest BCUT2D eigenvalue weighted by Gasteiger charge is 2.11. The lowest BCUT2D eigenvalue weighted by atomic mass is 10.3. The molecule has 0 radical (unpaired) electrons. The summed E-state index contributed by atoms with van der Waals surface area (Å²) in [5.41, 5.74) is 1.01. The van der Waals surface area contributed by atoms with Gasteiger partial charge >= 0.3 is 0 Å². The third-order valence-electron chi connectivity index (χ3n) is 2.37. The summed E-state index contributed by atoms with van der Waals surface area (Å²) in [5.74, 6) is -0.739. The van der Waals surface area contributed by atoms with E-state index in [1.807, 2.05) is 0 Å². The van der Waals surface area contributed by atoms with Crippen molar-refractivity contribution >= 4 is 22.5 Å². The number of para-hydroxylation sites is 1. The van der Waals surface area contributed by atoms with Crippen LogP contribution < -0.4 is 5.32 Å². The van der Waals surface area contributed by atoms with Crippen molar-refractivity contribution in [1.82, 2.24) is 15.3 Å². The zero-order valence-electron chi connectivity index (χ0n) is 8.96. The Labute approximate surface area is 100 Å². The van der Waals surface area contributed by atoms with E-state index in [4.69, 9.17) is 0 Å². The molecular weight excluding hydrogens is 239 g/mol. The molecule has 90 valence electrons. The molecule has 0 atom stereocenters. The average molecular weight is 246 g/mol. The van der Waals surface area contributed by atoms with Gasteiger partial charge in [-0.1, -0.05) is 12.1 Å². The van der Waals surface area contributed by atoms with Crippen LogP contribution in [0.3, 0.4) is 0 Å². The normalized spacial score (nSPS) is 10.7. The fourth-order valence-electron chi connectivity index (χ4n) is 1.52. The molecule has 2 aromatic heterocycles. The highest BCUT2D eigenvalue weighted by atomic mass is 19.1. The Hall–Kier alpha value is -2.70. The number of pyridine rings is 1. The number of nitrogens with one attached hydrogen (secondary N) is 1. The minimum atomic E-state index is -0.435.